The molecular weight excluding hydrogens is 223 g/mol. The highest BCUT2D eigenvalue weighted by Gasteiger charge is 2.34. The lowest BCUT2D eigenvalue weighted by Gasteiger charge is -2.05. The van der Waals surface area contributed by atoms with Crippen LogP contribution in [-0.4, -0.2) is 21.4 Å². The van der Waals surface area contributed by atoms with Crippen LogP contribution in [0.1, 0.15) is 0 Å². The molecule has 8 heavy (non-hydrogen) atoms. The molecule has 2 N–H and O–H groups in total. The highest BCUT2D eigenvalue weighted by molar-refractivity contribution is 9.12. The minimum Gasteiger partial charge on any atom is -0.352 e. The van der Waals surface area contributed by atoms with E-state index in [-0.39, 0.29) is 0 Å². The van der Waals surface area contributed by atoms with E-state index in [0.29, 0.717) is 0 Å². The molecule has 0 radical (unpaired) electrons. The Morgan fingerprint density at radius 2 is 1.75 bits per heavy atom. The van der Waals surface area contributed by atoms with Crippen LogP contribution in [0.3, 0.4) is 0 Å². The third-order valence-corrected chi connectivity index (χ3v) is 2.74. The summed E-state index contributed by atoms with van der Waals surface area (Å²) in [7, 11) is -4.60. The van der Waals surface area contributed by atoms with Crippen molar-refractivity contribution in [2.75, 3.05) is 0 Å². The van der Waals surface area contributed by atoms with Gasteiger partial charge in [0.1, 0.15) is 0 Å². The predicted octanol–water partition coefficient (Wildman–Crippen LogP) is 0.112. The molecule has 0 saturated carbocycles. The molecule has 0 aromatic rings. The number of aliphatic hydroxyl groups is 1. The fourth-order valence-corrected chi connectivity index (χ4v) is 0. The first-order chi connectivity index (χ1) is 3.25. The Morgan fingerprint density at radius 3 is 1.75 bits per heavy atom. The van der Waals surface area contributed by atoms with E-state index < -0.39 is 13.4 Å². The fourth-order valence-electron chi connectivity index (χ4n) is 0. The molecule has 1 unspecified atom stereocenters. The molecule has 0 aliphatic heterocycles. The van der Waals surface area contributed by atoms with Gasteiger partial charge < -0.3 is 5.11 Å². The Morgan fingerprint density at radius 1 is 1.62 bits per heavy atom. The predicted molar refractivity (Wildman–Crippen MR) is 31.3 cm³/mol. The average Bonchev–Trinajstić information content (AvgIpc) is 1.25. The van der Waals surface area contributed by atoms with E-state index in [1.807, 2.05) is 0 Å². The minimum absolute atomic E-state index is 2.08. The van der Waals surface area contributed by atoms with Crippen molar-refractivity contribution < 1.29 is 18.1 Å². The Labute approximate surface area is 59.3 Å². The van der Waals surface area contributed by atoms with Crippen LogP contribution in [-0.2, 0) is 10.1 Å². The van der Waals surface area contributed by atoms with Crippen LogP contribution >= 0.6 is 27.5 Å². The summed E-state index contributed by atoms with van der Waals surface area (Å²) in [5, 5.41) is 8.20. The molecule has 50 valence electrons. The number of alkyl halides is 2. The molecular formula is CH2BrClO4S. The smallest absolute Gasteiger partial charge is 0.324 e. The van der Waals surface area contributed by atoms with Crippen molar-refractivity contribution in [2.24, 2.45) is 0 Å². The van der Waals surface area contributed by atoms with Crippen LogP contribution in [0.25, 0.3) is 0 Å². The summed E-state index contributed by atoms with van der Waals surface area (Å²) in [6.07, 6.45) is 0. The van der Waals surface area contributed by atoms with Crippen LogP contribution in [0.5, 0.6) is 0 Å². The second-order valence-corrected chi connectivity index (χ2v) is 5.40. The zero-order valence-electron chi connectivity index (χ0n) is 3.38. The van der Waals surface area contributed by atoms with Crippen LogP contribution in [0, 0.1) is 0 Å². The Balaban J connectivity index is 4.53. The third-order valence-electron chi connectivity index (χ3n) is 0.310. The third kappa shape index (κ3) is 2.27. The molecule has 0 aliphatic carbocycles. The molecule has 0 rings (SSSR count). The summed E-state index contributed by atoms with van der Waals surface area (Å²) in [5.74, 6) is 0. The monoisotopic (exact) mass is 224 g/mol. The number of hydrogen-bond acceptors (Lipinski definition) is 3. The van der Waals surface area contributed by atoms with Gasteiger partial charge in [-0.2, -0.15) is 8.42 Å². The number of rotatable bonds is 1. The summed E-state index contributed by atoms with van der Waals surface area (Å²) >= 11 is 6.73. The summed E-state index contributed by atoms with van der Waals surface area (Å²) in [6.45, 7) is 0. The molecule has 0 fully saturated rings. The highest BCUT2D eigenvalue weighted by atomic mass is 79.9. The number of hydrogen-bond donors (Lipinski definition) is 2. The lowest BCUT2D eigenvalue weighted by molar-refractivity contribution is 0.282. The van der Waals surface area contributed by atoms with Crippen LogP contribution in [0.15, 0.2) is 0 Å². The van der Waals surface area contributed by atoms with E-state index >= 15 is 0 Å². The van der Waals surface area contributed by atoms with E-state index in [2.05, 4.69) is 27.5 Å². The van der Waals surface area contributed by atoms with Gasteiger partial charge in [-0.3, -0.25) is 4.55 Å². The zero-order valence-corrected chi connectivity index (χ0v) is 6.53. The van der Waals surface area contributed by atoms with E-state index in [1.54, 1.807) is 0 Å². The second kappa shape index (κ2) is 2.11. The lowest BCUT2D eigenvalue weighted by Crippen LogP contribution is -2.23. The molecule has 0 bridgehead atoms. The first-order valence-corrected chi connectivity index (χ1v) is 3.93. The molecule has 0 aromatic heterocycles. The van der Waals surface area contributed by atoms with Gasteiger partial charge in [0.05, 0.1) is 0 Å². The largest absolute Gasteiger partial charge is 0.352 e. The molecule has 0 heterocycles. The second-order valence-electron chi connectivity index (χ2n) is 0.961. The van der Waals surface area contributed by atoms with E-state index in [9.17, 15) is 8.42 Å². The van der Waals surface area contributed by atoms with Gasteiger partial charge in [-0.15, -0.1) is 0 Å². The first kappa shape index (κ1) is 8.64. The highest BCUT2D eigenvalue weighted by Crippen LogP contribution is 2.24. The van der Waals surface area contributed by atoms with Crippen LogP contribution in [0.2, 0.25) is 0 Å². The minimum atomic E-state index is -4.60. The van der Waals surface area contributed by atoms with Gasteiger partial charge in [0.25, 0.3) is 0 Å². The Kier molecular flexibility index (Phi) is 2.28. The van der Waals surface area contributed by atoms with Gasteiger partial charge in [0.15, 0.2) is 0 Å². The summed E-state index contributed by atoms with van der Waals surface area (Å²) in [5.41, 5.74) is 0. The number of halogens is 2. The van der Waals surface area contributed by atoms with Gasteiger partial charge >= 0.3 is 13.4 Å². The first-order valence-electron chi connectivity index (χ1n) is 1.32. The van der Waals surface area contributed by atoms with Gasteiger partial charge in [-0.05, 0) is 15.9 Å². The molecule has 0 amide bonds. The van der Waals surface area contributed by atoms with E-state index in [4.69, 9.17) is 9.66 Å². The quantitative estimate of drug-likeness (QED) is 0.491. The van der Waals surface area contributed by atoms with Crippen molar-refractivity contribution in [3.05, 3.63) is 0 Å². The normalized spacial score (nSPS) is 20.0. The van der Waals surface area contributed by atoms with Crippen LogP contribution < -0.4 is 0 Å². The fraction of sp³-hybridized carbons (Fsp3) is 1.00. The molecule has 1 atom stereocenters. The van der Waals surface area contributed by atoms with Crippen molar-refractivity contribution >= 4 is 37.6 Å². The van der Waals surface area contributed by atoms with Crippen molar-refractivity contribution in [3.63, 3.8) is 0 Å². The summed E-state index contributed by atoms with van der Waals surface area (Å²) in [4.78, 5) is 0. The SMILES string of the molecule is O=S(=O)(O)C(O)(Cl)Br. The zero-order chi connectivity index (χ0) is 7.00. The van der Waals surface area contributed by atoms with Gasteiger partial charge in [0.2, 0.25) is 0 Å². The molecule has 0 spiro atoms. The summed E-state index contributed by atoms with van der Waals surface area (Å²) < 4.78 is 24.7. The molecule has 0 aliphatic rings. The molecule has 0 saturated heterocycles. The van der Waals surface area contributed by atoms with Crippen molar-refractivity contribution in [2.45, 2.75) is 3.30 Å². The van der Waals surface area contributed by atoms with Crippen molar-refractivity contribution in [3.8, 4) is 0 Å². The summed E-state index contributed by atoms with van der Waals surface area (Å²) in [6, 6.07) is 0. The van der Waals surface area contributed by atoms with Crippen molar-refractivity contribution in [1.29, 1.82) is 0 Å². The standard InChI is InChI=1S/CH2BrClO4S/c2-1(3,4)8(5,6)7/h4H,(H,5,6,7). The molecule has 4 nitrogen and oxygen atoms in total. The maximum absolute atomic E-state index is 9.78. The maximum atomic E-state index is 9.78. The Bertz CT molecular complexity index is 165. The Hall–Kier alpha value is 0.640. The van der Waals surface area contributed by atoms with Gasteiger partial charge in [0, 0.05) is 0 Å². The van der Waals surface area contributed by atoms with Crippen molar-refractivity contribution in [1.82, 2.24) is 0 Å². The lowest BCUT2D eigenvalue weighted by atomic mass is 11.7. The van der Waals surface area contributed by atoms with E-state index in [1.165, 1.54) is 0 Å². The molecule has 7 heteroatoms. The average molecular weight is 225 g/mol. The van der Waals surface area contributed by atoms with E-state index in [0.717, 1.165) is 0 Å². The van der Waals surface area contributed by atoms with Gasteiger partial charge in [-0.25, -0.2) is 0 Å². The maximum Gasteiger partial charge on any atom is 0.324 e. The molecule has 0 aromatic carbocycles. The van der Waals surface area contributed by atoms with Gasteiger partial charge in [-0.1, -0.05) is 11.6 Å². The van der Waals surface area contributed by atoms with Crippen LogP contribution in [0.4, 0.5) is 0 Å². The topological polar surface area (TPSA) is 74.6 Å².